The maximum absolute atomic E-state index is 12.9. The molecule has 4 heteroatoms. The summed E-state index contributed by atoms with van der Waals surface area (Å²) in [5, 5.41) is 8.73. The second kappa shape index (κ2) is 3.88. The fraction of sp³-hybridized carbons (Fsp3) is 0.364. The molecule has 80 valence electrons. The number of rotatable bonds is 2. The van der Waals surface area contributed by atoms with Crippen LogP contribution >= 0.6 is 0 Å². The molecule has 0 aromatic heterocycles. The summed E-state index contributed by atoms with van der Waals surface area (Å²) in [6, 6.07) is 4.25. The van der Waals surface area contributed by atoms with Gasteiger partial charge in [-0.25, -0.2) is 4.39 Å². The molecule has 1 aromatic carbocycles. The Balaban J connectivity index is 2.30. The number of ether oxygens (including phenoxy) is 1. The van der Waals surface area contributed by atoms with Gasteiger partial charge < -0.3 is 9.84 Å². The minimum Gasteiger partial charge on any atom is -0.493 e. The van der Waals surface area contributed by atoms with E-state index in [4.69, 9.17) is 9.84 Å². The van der Waals surface area contributed by atoms with Crippen LogP contribution in [0.15, 0.2) is 18.2 Å². The fourth-order valence-corrected chi connectivity index (χ4v) is 1.86. The van der Waals surface area contributed by atoms with Crippen molar-refractivity contribution < 1.29 is 19.0 Å². The quantitative estimate of drug-likeness (QED) is 0.813. The van der Waals surface area contributed by atoms with Crippen LogP contribution in [0, 0.1) is 5.82 Å². The van der Waals surface area contributed by atoms with E-state index in [2.05, 4.69) is 0 Å². The van der Waals surface area contributed by atoms with Crippen LogP contribution in [-0.2, 0) is 4.79 Å². The molecule has 1 N–H and O–H groups in total. The Morgan fingerprint density at radius 3 is 3.13 bits per heavy atom. The van der Waals surface area contributed by atoms with Gasteiger partial charge in [-0.05, 0) is 18.1 Å². The molecule has 0 spiro atoms. The van der Waals surface area contributed by atoms with E-state index in [1.807, 2.05) is 0 Å². The third kappa shape index (κ3) is 2.09. The largest absolute Gasteiger partial charge is 0.493 e. The van der Waals surface area contributed by atoms with Gasteiger partial charge in [0, 0.05) is 12.0 Å². The molecule has 0 aliphatic carbocycles. The summed E-state index contributed by atoms with van der Waals surface area (Å²) in [6.45, 7) is 0.453. The second-order valence-corrected chi connectivity index (χ2v) is 3.61. The van der Waals surface area contributed by atoms with Crippen molar-refractivity contribution in [1.29, 1.82) is 0 Å². The number of hydrogen-bond donors (Lipinski definition) is 1. The van der Waals surface area contributed by atoms with E-state index in [0.29, 0.717) is 18.8 Å². The standard InChI is InChI=1S/C11H11FO3/c12-8-1-2-9-7(5-11(13)14)3-4-15-10(9)6-8/h1-2,6-7H,3-5H2,(H,13,14). The zero-order valence-electron chi connectivity index (χ0n) is 8.07. The molecule has 3 nitrogen and oxygen atoms in total. The van der Waals surface area contributed by atoms with E-state index in [9.17, 15) is 9.18 Å². The number of benzene rings is 1. The molecule has 1 aliphatic heterocycles. The molecule has 2 rings (SSSR count). The van der Waals surface area contributed by atoms with Gasteiger partial charge in [0.25, 0.3) is 0 Å². The van der Waals surface area contributed by atoms with E-state index in [1.54, 1.807) is 6.07 Å². The molecule has 15 heavy (non-hydrogen) atoms. The zero-order valence-corrected chi connectivity index (χ0v) is 8.07. The average Bonchev–Trinajstić information content (AvgIpc) is 2.16. The van der Waals surface area contributed by atoms with Gasteiger partial charge in [0.05, 0.1) is 13.0 Å². The minimum absolute atomic E-state index is 0.0631. The molecule has 0 radical (unpaired) electrons. The highest BCUT2D eigenvalue weighted by molar-refractivity contribution is 5.68. The SMILES string of the molecule is O=C(O)CC1CCOc2cc(F)ccc21. The van der Waals surface area contributed by atoms with Gasteiger partial charge in [-0.2, -0.15) is 0 Å². The van der Waals surface area contributed by atoms with Gasteiger partial charge in [0.1, 0.15) is 11.6 Å². The molecule has 1 aliphatic rings. The van der Waals surface area contributed by atoms with Crippen molar-refractivity contribution in [2.75, 3.05) is 6.61 Å². The lowest BCUT2D eigenvalue weighted by atomic mass is 9.90. The van der Waals surface area contributed by atoms with Crippen LogP contribution in [0.4, 0.5) is 4.39 Å². The van der Waals surface area contributed by atoms with Crippen molar-refractivity contribution in [2.45, 2.75) is 18.8 Å². The molecule has 0 saturated heterocycles. The Morgan fingerprint density at radius 1 is 1.60 bits per heavy atom. The van der Waals surface area contributed by atoms with Gasteiger partial charge in [-0.15, -0.1) is 0 Å². The Hall–Kier alpha value is -1.58. The highest BCUT2D eigenvalue weighted by atomic mass is 19.1. The van der Waals surface area contributed by atoms with Gasteiger partial charge in [-0.3, -0.25) is 4.79 Å². The Kier molecular flexibility index (Phi) is 2.58. The van der Waals surface area contributed by atoms with Crippen LogP contribution in [0.2, 0.25) is 0 Å². The summed E-state index contributed by atoms with van der Waals surface area (Å²) in [6.07, 6.45) is 0.743. The van der Waals surface area contributed by atoms with Crippen LogP contribution in [0.1, 0.15) is 24.3 Å². The highest BCUT2D eigenvalue weighted by Crippen LogP contribution is 2.35. The normalized spacial score (nSPS) is 19.1. The van der Waals surface area contributed by atoms with Gasteiger partial charge >= 0.3 is 5.97 Å². The predicted octanol–water partition coefficient (Wildman–Crippen LogP) is 2.17. The minimum atomic E-state index is -0.836. The third-order valence-corrected chi connectivity index (χ3v) is 2.56. The number of hydrogen-bond acceptors (Lipinski definition) is 2. The Labute approximate surface area is 86.5 Å². The lowest BCUT2D eigenvalue weighted by Crippen LogP contribution is -2.17. The summed E-state index contributed by atoms with van der Waals surface area (Å²) in [5.74, 6) is -0.777. The summed E-state index contributed by atoms with van der Waals surface area (Å²) in [7, 11) is 0. The molecule has 1 unspecified atom stereocenters. The lowest BCUT2D eigenvalue weighted by Gasteiger charge is -2.24. The Bertz CT molecular complexity index is 389. The van der Waals surface area contributed by atoms with E-state index in [-0.39, 0.29) is 18.2 Å². The molecular weight excluding hydrogens is 199 g/mol. The van der Waals surface area contributed by atoms with Crippen LogP contribution in [0.25, 0.3) is 0 Å². The van der Waals surface area contributed by atoms with Crippen LogP contribution in [0.3, 0.4) is 0 Å². The molecular formula is C11H11FO3. The van der Waals surface area contributed by atoms with E-state index in [0.717, 1.165) is 5.56 Å². The molecule has 0 bridgehead atoms. The first kappa shape index (κ1) is 9.96. The highest BCUT2D eigenvalue weighted by Gasteiger charge is 2.23. The topological polar surface area (TPSA) is 46.5 Å². The van der Waals surface area contributed by atoms with Crippen LogP contribution in [-0.4, -0.2) is 17.7 Å². The zero-order chi connectivity index (χ0) is 10.8. The van der Waals surface area contributed by atoms with Crippen molar-refractivity contribution >= 4 is 5.97 Å². The van der Waals surface area contributed by atoms with Gasteiger partial charge in [0.15, 0.2) is 0 Å². The number of carboxylic acid groups (broad SMARTS) is 1. The first-order valence-electron chi connectivity index (χ1n) is 4.81. The van der Waals surface area contributed by atoms with Crippen molar-refractivity contribution in [1.82, 2.24) is 0 Å². The Morgan fingerprint density at radius 2 is 2.40 bits per heavy atom. The summed E-state index contributed by atoms with van der Waals surface area (Å²) in [5.41, 5.74) is 0.796. The van der Waals surface area contributed by atoms with Gasteiger partial charge in [-0.1, -0.05) is 6.07 Å². The van der Waals surface area contributed by atoms with Crippen LogP contribution in [0.5, 0.6) is 5.75 Å². The third-order valence-electron chi connectivity index (χ3n) is 2.56. The number of halogens is 1. The summed E-state index contributed by atoms with van der Waals surface area (Å²) in [4.78, 5) is 10.6. The number of aliphatic carboxylic acids is 1. The maximum Gasteiger partial charge on any atom is 0.303 e. The number of carboxylic acids is 1. The number of fused-ring (bicyclic) bond motifs is 1. The van der Waals surface area contributed by atoms with E-state index in [1.165, 1.54) is 12.1 Å². The summed E-state index contributed by atoms with van der Waals surface area (Å²) < 4.78 is 18.2. The van der Waals surface area contributed by atoms with Crippen molar-refractivity contribution in [2.24, 2.45) is 0 Å². The van der Waals surface area contributed by atoms with Crippen molar-refractivity contribution in [3.8, 4) is 5.75 Å². The van der Waals surface area contributed by atoms with Crippen molar-refractivity contribution in [3.63, 3.8) is 0 Å². The molecule has 1 atom stereocenters. The lowest BCUT2D eigenvalue weighted by molar-refractivity contribution is -0.137. The second-order valence-electron chi connectivity index (χ2n) is 3.61. The first-order valence-corrected chi connectivity index (χ1v) is 4.81. The molecule has 0 saturated carbocycles. The van der Waals surface area contributed by atoms with Crippen LogP contribution < -0.4 is 4.74 Å². The monoisotopic (exact) mass is 210 g/mol. The first-order chi connectivity index (χ1) is 7.16. The molecule has 1 aromatic rings. The average molecular weight is 210 g/mol. The fourth-order valence-electron chi connectivity index (χ4n) is 1.86. The maximum atomic E-state index is 12.9. The molecule has 0 fully saturated rings. The molecule has 1 heterocycles. The molecule has 0 amide bonds. The van der Waals surface area contributed by atoms with Gasteiger partial charge in [0.2, 0.25) is 0 Å². The summed E-state index contributed by atoms with van der Waals surface area (Å²) >= 11 is 0. The van der Waals surface area contributed by atoms with Crippen molar-refractivity contribution in [3.05, 3.63) is 29.6 Å². The smallest absolute Gasteiger partial charge is 0.303 e. The number of carbonyl (C=O) groups is 1. The predicted molar refractivity (Wildman–Crippen MR) is 51.5 cm³/mol. The van der Waals surface area contributed by atoms with E-state index >= 15 is 0 Å². The van der Waals surface area contributed by atoms with E-state index < -0.39 is 5.97 Å².